The molecule has 0 aliphatic carbocycles. The average Bonchev–Trinajstić information content (AvgIpc) is 3.39. The molecule has 0 bridgehead atoms. The third kappa shape index (κ3) is 5.05. The maximum absolute atomic E-state index is 13.8. The molecule has 4 aromatic rings. The maximum atomic E-state index is 13.8. The van der Waals surface area contributed by atoms with Crippen molar-refractivity contribution in [2.45, 2.75) is 6.92 Å². The molecular weight excluding hydrogens is 506 g/mol. The number of anilines is 1. The molecule has 194 valence electrons. The molecule has 0 atom stereocenters. The number of hydrogen-bond donors (Lipinski definition) is 0. The zero-order valence-electron chi connectivity index (χ0n) is 20.8. The number of carbonyl (C=O) groups excluding carboxylic acids is 1. The van der Waals surface area contributed by atoms with Gasteiger partial charge in [-0.3, -0.25) is 14.9 Å². The van der Waals surface area contributed by atoms with Crippen LogP contribution >= 0.6 is 11.6 Å². The van der Waals surface area contributed by atoms with E-state index < -0.39 is 4.92 Å². The van der Waals surface area contributed by atoms with Crippen molar-refractivity contribution in [3.8, 4) is 22.7 Å². The van der Waals surface area contributed by atoms with Crippen LogP contribution in [0.4, 0.5) is 11.4 Å². The molecule has 0 N–H and O–H groups in total. The van der Waals surface area contributed by atoms with Gasteiger partial charge in [-0.2, -0.15) is 5.10 Å². The van der Waals surface area contributed by atoms with Crippen LogP contribution in [0.1, 0.15) is 17.4 Å². The van der Waals surface area contributed by atoms with Crippen molar-refractivity contribution in [3.63, 3.8) is 0 Å². The number of nitrogens with zero attached hydrogens (tertiary/aromatic N) is 5. The first-order valence-electron chi connectivity index (χ1n) is 12.3. The molecule has 2 heterocycles. The molecule has 38 heavy (non-hydrogen) atoms. The predicted molar refractivity (Wildman–Crippen MR) is 146 cm³/mol. The SMILES string of the molecule is CCOc1ccccc1N1CCN(C(=O)c2cc(-c3ccc([N+](=O)[O-])cc3)nn2-c2ccccc2Cl)CC1. The van der Waals surface area contributed by atoms with Gasteiger partial charge in [-0.05, 0) is 49.4 Å². The van der Waals surface area contributed by atoms with Gasteiger partial charge in [-0.1, -0.05) is 35.9 Å². The van der Waals surface area contributed by atoms with Gasteiger partial charge in [-0.15, -0.1) is 0 Å². The predicted octanol–water partition coefficient (Wildman–Crippen LogP) is 5.46. The van der Waals surface area contributed by atoms with Crippen LogP contribution in [-0.4, -0.2) is 58.3 Å². The molecule has 1 amide bonds. The Labute approximate surface area is 225 Å². The fraction of sp³-hybridized carbons (Fsp3) is 0.214. The Hall–Kier alpha value is -4.37. The van der Waals surface area contributed by atoms with E-state index in [9.17, 15) is 14.9 Å². The molecule has 1 fully saturated rings. The van der Waals surface area contributed by atoms with Gasteiger partial charge < -0.3 is 14.5 Å². The molecule has 1 saturated heterocycles. The molecule has 9 nitrogen and oxygen atoms in total. The Kier molecular flexibility index (Phi) is 7.28. The Bertz CT molecular complexity index is 1460. The van der Waals surface area contributed by atoms with Crippen molar-refractivity contribution in [1.82, 2.24) is 14.7 Å². The second kappa shape index (κ2) is 10.9. The molecule has 0 radical (unpaired) electrons. The van der Waals surface area contributed by atoms with E-state index in [2.05, 4.69) is 10.00 Å². The Morgan fingerprint density at radius 2 is 1.63 bits per heavy atom. The topological polar surface area (TPSA) is 93.7 Å². The van der Waals surface area contributed by atoms with Gasteiger partial charge in [0.2, 0.25) is 0 Å². The van der Waals surface area contributed by atoms with Crippen LogP contribution in [0.15, 0.2) is 78.9 Å². The fourth-order valence-corrected chi connectivity index (χ4v) is 4.76. The van der Waals surface area contributed by atoms with E-state index in [0.29, 0.717) is 60.4 Å². The highest BCUT2D eigenvalue weighted by Gasteiger charge is 2.28. The molecule has 10 heteroatoms. The second-order valence-corrected chi connectivity index (χ2v) is 9.17. The number of halogens is 1. The minimum atomic E-state index is -0.451. The van der Waals surface area contributed by atoms with Crippen molar-refractivity contribution in [3.05, 3.63) is 99.7 Å². The summed E-state index contributed by atoms with van der Waals surface area (Å²) in [6, 6.07) is 22.9. The van der Waals surface area contributed by atoms with E-state index in [1.807, 2.05) is 48.2 Å². The maximum Gasteiger partial charge on any atom is 0.272 e. The number of aromatic nitrogens is 2. The highest BCUT2D eigenvalue weighted by atomic mass is 35.5. The quantitative estimate of drug-likeness (QED) is 0.232. The smallest absolute Gasteiger partial charge is 0.272 e. The summed E-state index contributed by atoms with van der Waals surface area (Å²) in [5.41, 5.74) is 3.13. The number of ether oxygens (including phenoxy) is 1. The summed E-state index contributed by atoms with van der Waals surface area (Å²) in [6.45, 7) is 4.91. The lowest BCUT2D eigenvalue weighted by molar-refractivity contribution is -0.384. The molecular formula is C28H26ClN5O4. The van der Waals surface area contributed by atoms with Gasteiger partial charge in [0, 0.05) is 43.9 Å². The van der Waals surface area contributed by atoms with Crippen molar-refractivity contribution in [2.24, 2.45) is 0 Å². The van der Waals surface area contributed by atoms with Gasteiger partial charge in [0.05, 0.1) is 33.6 Å². The highest BCUT2D eigenvalue weighted by molar-refractivity contribution is 6.32. The summed E-state index contributed by atoms with van der Waals surface area (Å²) >= 11 is 6.48. The van der Waals surface area contributed by atoms with Gasteiger partial charge in [0.25, 0.3) is 11.6 Å². The molecule has 5 rings (SSSR count). The largest absolute Gasteiger partial charge is 0.492 e. The summed E-state index contributed by atoms with van der Waals surface area (Å²) < 4.78 is 7.35. The first-order chi connectivity index (χ1) is 18.5. The first kappa shape index (κ1) is 25.3. The Balaban J connectivity index is 1.43. The van der Waals surface area contributed by atoms with Crippen LogP contribution in [0, 0.1) is 10.1 Å². The summed E-state index contributed by atoms with van der Waals surface area (Å²) in [4.78, 5) is 28.4. The average molecular weight is 532 g/mol. The van der Waals surface area contributed by atoms with E-state index in [1.54, 1.807) is 35.0 Å². The minimum Gasteiger partial charge on any atom is -0.492 e. The number of para-hydroxylation sites is 3. The molecule has 1 aliphatic heterocycles. The summed E-state index contributed by atoms with van der Waals surface area (Å²) in [6.07, 6.45) is 0. The molecule has 1 aromatic heterocycles. The fourth-order valence-electron chi connectivity index (χ4n) is 4.54. The normalized spacial score (nSPS) is 13.4. The number of carbonyl (C=O) groups is 1. The van der Waals surface area contributed by atoms with Gasteiger partial charge in [0.15, 0.2) is 0 Å². The van der Waals surface area contributed by atoms with Crippen LogP contribution < -0.4 is 9.64 Å². The van der Waals surface area contributed by atoms with Crippen LogP contribution in [0.5, 0.6) is 5.75 Å². The van der Waals surface area contributed by atoms with Gasteiger partial charge >= 0.3 is 0 Å². The zero-order valence-corrected chi connectivity index (χ0v) is 21.5. The van der Waals surface area contributed by atoms with E-state index in [4.69, 9.17) is 16.3 Å². The number of nitro groups is 1. The zero-order chi connectivity index (χ0) is 26.6. The first-order valence-corrected chi connectivity index (χ1v) is 12.7. The third-order valence-corrected chi connectivity index (χ3v) is 6.78. The van der Waals surface area contributed by atoms with Gasteiger partial charge in [-0.25, -0.2) is 4.68 Å². The number of hydrogen-bond acceptors (Lipinski definition) is 6. The molecule has 0 unspecified atom stereocenters. The second-order valence-electron chi connectivity index (χ2n) is 8.76. The van der Waals surface area contributed by atoms with Crippen molar-refractivity contribution < 1.29 is 14.5 Å². The Morgan fingerprint density at radius 3 is 2.29 bits per heavy atom. The summed E-state index contributed by atoms with van der Waals surface area (Å²) in [5, 5.41) is 16.2. The van der Waals surface area contributed by atoms with E-state index in [0.717, 1.165) is 11.4 Å². The highest BCUT2D eigenvalue weighted by Crippen LogP contribution is 2.30. The minimum absolute atomic E-state index is 0.0145. The number of nitro benzene ring substituents is 1. The molecule has 1 aliphatic rings. The van der Waals surface area contributed by atoms with Gasteiger partial charge in [0.1, 0.15) is 11.4 Å². The van der Waals surface area contributed by atoms with Crippen molar-refractivity contribution in [2.75, 3.05) is 37.7 Å². The summed E-state index contributed by atoms with van der Waals surface area (Å²) in [5.74, 6) is 0.669. The van der Waals surface area contributed by atoms with E-state index in [1.165, 1.54) is 12.1 Å². The molecule has 0 saturated carbocycles. The molecule has 0 spiro atoms. The molecule has 3 aromatic carbocycles. The lowest BCUT2D eigenvalue weighted by Crippen LogP contribution is -2.49. The number of benzene rings is 3. The number of rotatable bonds is 7. The lowest BCUT2D eigenvalue weighted by Gasteiger charge is -2.36. The Morgan fingerprint density at radius 1 is 0.974 bits per heavy atom. The van der Waals surface area contributed by atoms with E-state index >= 15 is 0 Å². The third-order valence-electron chi connectivity index (χ3n) is 6.46. The van der Waals surface area contributed by atoms with Crippen LogP contribution in [0.25, 0.3) is 16.9 Å². The standard InChI is InChI=1S/C28H26ClN5O4/c1-2-38-27-10-6-5-9-25(27)31-15-17-32(18-16-31)28(35)26-19-23(20-11-13-21(14-12-20)34(36)37)30-33(26)24-8-4-3-7-22(24)29/h3-14,19H,2,15-18H2,1H3. The van der Waals surface area contributed by atoms with E-state index in [-0.39, 0.29) is 11.6 Å². The van der Waals surface area contributed by atoms with Crippen LogP contribution in [-0.2, 0) is 0 Å². The number of non-ortho nitro benzene ring substituents is 1. The van der Waals surface area contributed by atoms with Crippen molar-refractivity contribution in [1.29, 1.82) is 0 Å². The summed E-state index contributed by atoms with van der Waals surface area (Å²) in [7, 11) is 0. The monoisotopic (exact) mass is 531 g/mol. The van der Waals surface area contributed by atoms with Crippen molar-refractivity contribution >= 4 is 28.9 Å². The lowest BCUT2D eigenvalue weighted by atomic mass is 10.1. The number of piperazine rings is 1. The van der Waals surface area contributed by atoms with Crippen LogP contribution in [0.2, 0.25) is 5.02 Å². The van der Waals surface area contributed by atoms with Crippen LogP contribution in [0.3, 0.4) is 0 Å². The number of amides is 1.